The quantitative estimate of drug-likeness (QED) is 0.672. The number of phenols is 1. The third kappa shape index (κ3) is 1.19. The average Bonchev–Trinajstić information content (AvgIpc) is 2.46. The van der Waals surface area contributed by atoms with Crippen molar-refractivity contribution in [1.29, 1.82) is 0 Å². The van der Waals surface area contributed by atoms with E-state index in [1.165, 1.54) is 13.2 Å². The van der Waals surface area contributed by atoms with Gasteiger partial charge < -0.3 is 20.3 Å². The van der Waals surface area contributed by atoms with Gasteiger partial charge >= 0.3 is 0 Å². The number of rotatable bonds is 1. The molecule has 1 atom stereocenters. The Hall–Kier alpha value is -1.42. The molecule has 13 heavy (non-hydrogen) atoms. The molecule has 0 radical (unpaired) electrons. The highest BCUT2D eigenvalue weighted by atomic mass is 16.5. The summed E-state index contributed by atoms with van der Waals surface area (Å²) in [5.41, 5.74) is 6.64. The molecule has 2 rings (SSSR count). The predicted molar refractivity (Wildman–Crippen MR) is 47.1 cm³/mol. The predicted octanol–water partition coefficient (Wildman–Crippen LogP) is 0.793. The fraction of sp³-hybridized carbons (Fsp3) is 0.333. The van der Waals surface area contributed by atoms with E-state index in [0.29, 0.717) is 18.1 Å². The average molecular weight is 181 g/mol. The molecule has 1 heterocycles. The van der Waals surface area contributed by atoms with E-state index >= 15 is 0 Å². The van der Waals surface area contributed by atoms with Crippen LogP contribution in [0.3, 0.4) is 0 Å². The summed E-state index contributed by atoms with van der Waals surface area (Å²) < 4.78 is 10.2. The molecule has 0 spiro atoms. The second-order valence-corrected chi connectivity index (χ2v) is 2.98. The fourth-order valence-electron chi connectivity index (χ4n) is 1.41. The van der Waals surface area contributed by atoms with Gasteiger partial charge in [-0.15, -0.1) is 0 Å². The first-order valence-corrected chi connectivity index (χ1v) is 4.01. The van der Waals surface area contributed by atoms with Gasteiger partial charge in [0, 0.05) is 11.6 Å². The minimum absolute atomic E-state index is 0.0790. The number of phenolic OH excluding ortho intramolecular Hbond substituents is 1. The normalized spacial score (nSPS) is 19.4. The fourth-order valence-corrected chi connectivity index (χ4v) is 1.41. The Kier molecular flexibility index (Phi) is 1.77. The summed E-state index contributed by atoms with van der Waals surface area (Å²) in [6, 6.07) is 3.12. The van der Waals surface area contributed by atoms with Crippen molar-refractivity contribution in [2.24, 2.45) is 5.73 Å². The number of fused-ring (bicyclic) bond motifs is 1. The summed E-state index contributed by atoms with van der Waals surface area (Å²) in [7, 11) is 1.50. The van der Waals surface area contributed by atoms with Crippen molar-refractivity contribution in [3.05, 3.63) is 17.7 Å². The number of benzene rings is 1. The summed E-state index contributed by atoms with van der Waals surface area (Å²) in [5, 5.41) is 9.42. The Balaban J connectivity index is 2.51. The van der Waals surface area contributed by atoms with E-state index in [9.17, 15) is 5.11 Å². The van der Waals surface area contributed by atoms with Crippen LogP contribution in [-0.4, -0.2) is 18.8 Å². The SMILES string of the molecule is COc1cc2c(cc1O)OC[C@@H]2N. The van der Waals surface area contributed by atoms with E-state index in [0.717, 1.165) is 5.56 Å². The lowest BCUT2D eigenvalue weighted by atomic mass is 10.1. The van der Waals surface area contributed by atoms with Crippen LogP contribution in [0.4, 0.5) is 0 Å². The second kappa shape index (κ2) is 2.81. The van der Waals surface area contributed by atoms with Crippen molar-refractivity contribution in [3.63, 3.8) is 0 Å². The van der Waals surface area contributed by atoms with Crippen LogP contribution >= 0.6 is 0 Å². The molecule has 4 heteroatoms. The van der Waals surface area contributed by atoms with Crippen LogP contribution in [0.1, 0.15) is 11.6 Å². The molecule has 0 saturated heterocycles. The standard InChI is InChI=1S/C9H11NO3/c1-12-9-2-5-6(10)4-13-8(5)3-7(9)11/h2-3,6,11H,4,10H2,1H3/t6-/m0/s1. The van der Waals surface area contributed by atoms with Crippen LogP contribution in [0.5, 0.6) is 17.2 Å². The Bertz CT molecular complexity index is 338. The van der Waals surface area contributed by atoms with Crippen LogP contribution in [0, 0.1) is 0 Å². The van der Waals surface area contributed by atoms with E-state index in [1.54, 1.807) is 6.07 Å². The van der Waals surface area contributed by atoms with Crippen LogP contribution in [0.2, 0.25) is 0 Å². The number of hydrogen-bond acceptors (Lipinski definition) is 4. The second-order valence-electron chi connectivity index (χ2n) is 2.98. The lowest BCUT2D eigenvalue weighted by Gasteiger charge is -2.06. The van der Waals surface area contributed by atoms with E-state index in [4.69, 9.17) is 15.2 Å². The van der Waals surface area contributed by atoms with Gasteiger partial charge in [0.15, 0.2) is 11.5 Å². The van der Waals surface area contributed by atoms with Gasteiger partial charge in [-0.3, -0.25) is 0 Å². The molecular weight excluding hydrogens is 170 g/mol. The van der Waals surface area contributed by atoms with Crippen molar-refractivity contribution < 1.29 is 14.6 Å². The van der Waals surface area contributed by atoms with Crippen molar-refractivity contribution in [1.82, 2.24) is 0 Å². The van der Waals surface area contributed by atoms with Crippen molar-refractivity contribution in [3.8, 4) is 17.2 Å². The first-order chi connectivity index (χ1) is 6.22. The molecule has 1 aromatic carbocycles. The van der Waals surface area contributed by atoms with E-state index < -0.39 is 0 Å². The highest BCUT2D eigenvalue weighted by molar-refractivity contribution is 5.52. The molecule has 1 aliphatic rings. The first kappa shape index (κ1) is 8.19. The molecule has 0 unspecified atom stereocenters. The molecule has 0 fully saturated rings. The molecule has 0 bridgehead atoms. The minimum Gasteiger partial charge on any atom is -0.504 e. The van der Waals surface area contributed by atoms with Crippen LogP contribution in [-0.2, 0) is 0 Å². The molecule has 0 saturated carbocycles. The highest BCUT2D eigenvalue weighted by Gasteiger charge is 2.22. The highest BCUT2D eigenvalue weighted by Crippen LogP contribution is 2.39. The number of nitrogens with two attached hydrogens (primary N) is 1. The Morgan fingerprint density at radius 1 is 1.62 bits per heavy atom. The summed E-state index contributed by atoms with van der Waals surface area (Å²) in [6.45, 7) is 0.460. The van der Waals surface area contributed by atoms with Crippen molar-refractivity contribution in [2.75, 3.05) is 13.7 Å². The maximum absolute atomic E-state index is 9.42. The Morgan fingerprint density at radius 2 is 2.38 bits per heavy atom. The van der Waals surface area contributed by atoms with Gasteiger partial charge in [-0.05, 0) is 6.07 Å². The molecule has 70 valence electrons. The Morgan fingerprint density at radius 3 is 3.08 bits per heavy atom. The van der Waals surface area contributed by atoms with Gasteiger partial charge in [0.05, 0.1) is 13.2 Å². The molecular formula is C9H11NO3. The van der Waals surface area contributed by atoms with Gasteiger partial charge in [0.2, 0.25) is 0 Å². The van der Waals surface area contributed by atoms with E-state index in [-0.39, 0.29) is 11.8 Å². The van der Waals surface area contributed by atoms with Gasteiger partial charge in [-0.25, -0.2) is 0 Å². The monoisotopic (exact) mass is 181 g/mol. The van der Waals surface area contributed by atoms with Gasteiger partial charge in [-0.2, -0.15) is 0 Å². The maximum Gasteiger partial charge on any atom is 0.161 e. The van der Waals surface area contributed by atoms with Crippen LogP contribution < -0.4 is 15.2 Å². The van der Waals surface area contributed by atoms with Crippen LogP contribution in [0.25, 0.3) is 0 Å². The molecule has 0 aromatic heterocycles. The third-order valence-electron chi connectivity index (χ3n) is 2.13. The zero-order valence-electron chi connectivity index (χ0n) is 7.28. The molecule has 0 aliphatic carbocycles. The summed E-state index contributed by atoms with van der Waals surface area (Å²) >= 11 is 0. The number of hydrogen-bond donors (Lipinski definition) is 2. The largest absolute Gasteiger partial charge is 0.504 e. The van der Waals surface area contributed by atoms with Crippen molar-refractivity contribution in [2.45, 2.75) is 6.04 Å². The molecule has 3 N–H and O–H groups in total. The number of methoxy groups -OCH3 is 1. The lowest BCUT2D eigenvalue weighted by Crippen LogP contribution is -2.10. The molecule has 4 nitrogen and oxygen atoms in total. The van der Waals surface area contributed by atoms with Gasteiger partial charge in [0.1, 0.15) is 12.4 Å². The Labute approximate surface area is 75.9 Å². The lowest BCUT2D eigenvalue weighted by molar-refractivity contribution is 0.330. The number of ether oxygens (including phenoxy) is 2. The molecule has 0 amide bonds. The van der Waals surface area contributed by atoms with Gasteiger partial charge in [-0.1, -0.05) is 0 Å². The van der Waals surface area contributed by atoms with Gasteiger partial charge in [0.25, 0.3) is 0 Å². The number of aromatic hydroxyl groups is 1. The first-order valence-electron chi connectivity index (χ1n) is 4.01. The van der Waals surface area contributed by atoms with Crippen LogP contribution in [0.15, 0.2) is 12.1 Å². The molecule has 1 aliphatic heterocycles. The zero-order chi connectivity index (χ0) is 9.42. The minimum atomic E-state index is -0.121. The third-order valence-corrected chi connectivity index (χ3v) is 2.13. The smallest absolute Gasteiger partial charge is 0.161 e. The zero-order valence-corrected chi connectivity index (χ0v) is 7.28. The summed E-state index contributed by atoms with van der Waals surface area (Å²) in [5.74, 6) is 1.15. The summed E-state index contributed by atoms with van der Waals surface area (Å²) in [6.07, 6.45) is 0. The molecule has 1 aromatic rings. The summed E-state index contributed by atoms with van der Waals surface area (Å²) in [4.78, 5) is 0. The van der Waals surface area contributed by atoms with E-state index in [2.05, 4.69) is 0 Å². The van der Waals surface area contributed by atoms with Crippen molar-refractivity contribution >= 4 is 0 Å². The van der Waals surface area contributed by atoms with E-state index in [1.807, 2.05) is 0 Å². The maximum atomic E-state index is 9.42. The topological polar surface area (TPSA) is 64.7 Å².